The van der Waals surface area contributed by atoms with Gasteiger partial charge in [-0.3, -0.25) is 0 Å². The zero-order chi connectivity index (χ0) is 9.99. The zero-order valence-corrected chi connectivity index (χ0v) is 6.00. The Balaban J connectivity index is 4.69. The molecule has 0 nitrogen and oxygen atoms in total. The van der Waals surface area contributed by atoms with Gasteiger partial charge in [-0.05, 0) is 6.92 Å². The molecule has 0 N–H and O–H groups in total. The van der Waals surface area contributed by atoms with E-state index in [0.29, 0.717) is 0 Å². The largest absolute Gasteiger partial charge is 0.403 e. The monoisotopic (exact) mass is 192 g/mol. The molecule has 0 amide bonds. The average molecular weight is 192 g/mol. The van der Waals surface area contributed by atoms with Crippen LogP contribution in [0.4, 0.5) is 26.3 Å². The maximum Gasteiger partial charge on any atom is 0.403 e. The fourth-order valence-corrected chi connectivity index (χ4v) is 0.596. The van der Waals surface area contributed by atoms with E-state index >= 15 is 0 Å². The van der Waals surface area contributed by atoms with Crippen LogP contribution in [0, 0.1) is 5.92 Å². The zero-order valence-electron chi connectivity index (χ0n) is 6.00. The molecule has 0 saturated carbocycles. The molecule has 0 unspecified atom stereocenters. The fraction of sp³-hybridized carbons (Fsp3) is 0.667. The van der Waals surface area contributed by atoms with Crippen molar-refractivity contribution in [2.24, 2.45) is 5.92 Å². The highest BCUT2D eigenvalue weighted by atomic mass is 19.4. The van der Waals surface area contributed by atoms with Crippen molar-refractivity contribution in [3.8, 4) is 0 Å². The molecule has 0 rings (SSSR count). The quantitative estimate of drug-likeness (QED) is 0.441. The van der Waals surface area contributed by atoms with Crippen molar-refractivity contribution in [1.29, 1.82) is 0 Å². The molecule has 6 heteroatoms. The molecule has 0 aliphatic rings. The first-order valence-corrected chi connectivity index (χ1v) is 2.96. The number of allylic oxidation sites excluding steroid dienone is 2. The van der Waals surface area contributed by atoms with E-state index in [9.17, 15) is 26.3 Å². The summed E-state index contributed by atoms with van der Waals surface area (Å²) in [7, 11) is 0. The summed E-state index contributed by atoms with van der Waals surface area (Å²) in [6, 6.07) is 0. The van der Waals surface area contributed by atoms with E-state index in [1.165, 1.54) is 0 Å². The Morgan fingerprint density at radius 2 is 1.25 bits per heavy atom. The molecule has 0 aromatic rings. The molecular formula is C6H6F6. The molecule has 0 heterocycles. The normalized spacial score (nSPS) is 14.7. The number of rotatable bonds is 1. The van der Waals surface area contributed by atoms with Crippen molar-refractivity contribution in [2.75, 3.05) is 0 Å². The number of alkyl halides is 6. The minimum atomic E-state index is -5.26. The molecule has 0 bridgehead atoms. The number of hydrogen-bond donors (Lipinski definition) is 0. The van der Waals surface area contributed by atoms with Crippen LogP contribution in [0.15, 0.2) is 12.2 Å². The Kier molecular flexibility index (Phi) is 3.17. The van der Waals surface area contributed by atoms with E-state index in [0.717, 1.165) is 13.0 Å². The summed E-state index contributed by atoms with van der Waals surface area (Å²) < 4.78 is 69.8. The third kappa shape index (κ3) is 3.15. The first-order valence-electron chi connectivity index (χ1n) is 2.96. The third-order valence-corrected chi connectivity index (χ3v) is 1.09. The van der Waals surface area contributed by atoms with Crippen molar-refractivity contribution >= 4 is 0 Å². The van der Waals surface area contributed by atoms with Crippen LogP contribution in [-0.2, 0) is 0 Å². The predicted molar refractivity (Wildman–Crippen MR) is 30.4 cm³/mol. The lowest BCUT2D eigenvalue weighted by molar-refractivity contribution is -0.267. The molecule has 0 aliphatic heterocycles. The first-order chi connectivity index (χ1) is 5.19. The summed E-state index contributed by atoms with van der Waals surface area (Å²) in [4.78, 5) is 0. The lowest BCUT2D eigenvalue weighted by Crippen LogP contribution is -2.34. The van der Waals surface area contributed by atoms with Crippen molar-refractivity contribution < 1.29 is 26.3 Å². The predicted octanol–water partition coefficient (Wildman–Crippen LogP) is 3.30. The fourth-order valence-electron chi connectivity index (χ4n) is 0.596. The van der Waals surface area contributed by atoms with Gasteiger partial charge in [-0.25, -0.2) is 0 Å². The molecule has 0 aromatic carbocycles. The van der Waals surface area contributed by atoms with Gasteiger partial charge in [-0.15, -0.1) is 0 Å². The standard InChI is InChI=1S/C6H6F6/c1-2-3-4(5(7,8)9)6(10,11)12/h2-4H,1H3. The van der Waals surface area contributed by atoms with Gasteiger partial charge in [-0.2, -0.15) is 26.3 Å². The summed E-state index contributed by atoms with van der Waals surface area (Å²) in [5.74, 6) is -3.35. The summed E-state index contributed by atoms with van der Waals surface area (Å²) in [6.45, 7) is 1.10. The highest BCUT2D eigenvalue weighted by molar-refractivity contribution is 4.94. The second-order valence-electron chi connectivity index (χ2n) is 2.09. The van der Waals surface area contributed by atoms with E-state index in [-0.39, 0.29) is 6.08 Å². The molecule has 0 atom stereocenters. The van der Waals surface area contributed by atoms with E-state index < -0.39 is 18.3 Å². The van der Waals surface area contributed by atoms with Gasteiger partial charge in [-0.1, -0.05) is 12.2 Å². The van der Waals surface area contributed by atoms with Crippen molar-refractivity contribution in [2.45, 2.75) is 19.3 Å². The smallest absolute Gasteiger partial charge is 0.170 e. The summed E-state index contributed by atoms with van der Waals surface area (Å²) in [5, 5.41) is 0. The van der Waals surface area contributed by atoms with Crippen LogP contribution in [0.1, 0.15) is 6.92 Å². The molecule has 0 aromatic heterocycles. The Morgan fingerprint density at radius 1 is 0.917 bits per heavy atom. The molecule has 72 valence electrons. The van der Waals surface area contributed by atoms with Crippen LogP contribution >= 0.6 is 0 Å². The summed E-state index contributed by atoms with van der Waals surface area (Å²) in [5.41, 5.74) is 0. The lowest BCUT2D eigenvalue weighted by Gasteiger charge is -2.19. The van der Waals surface area contributed by atoms with Crippen LogP contribution in [0.2, 0.25) is 0 Å². The van der Waals surface area contributed by atoms with Gasteiger partial charge in [0.15, 0.2) is 5.92 Å². The van der Waals surface area contributed by atoms with Crippen molar-refractivity contribution in [3.05, 3.63) is 12.2 Å². The van der Waals surface area contributed by atoms with Gasteiger partial charge in [0.05, 0.1) is 0 Å². The van der Waals surface area contributed by atoms with Crippen molar-refractivity contribution in [3.63, 3.8) is 0 Å². The number of halogens is 6. The van der Waals surface area contributed by atoms with Gasteiger partial charge in [0.2, 0.25) is 0 Å². The Bertz CT molecular complexity index is 148. The Hall–Kier alpha value is -0.680. The SMILES string of the molecule is CC=CC(C(F)(F)F)C(F)(F)F. The van der Waals surface area contributed by atoms with Crippen LogP contribution in [0.25, 0.3) is 0 Å². The first kappa shape index (κ1) is 11.3. The van der Waals surface area contributed by atoms with Crippen LogP contribution < -0.4 is 0 Å². The summed E-state index contributed by atoms with van der Waals surface area (Å²) in [6.07, 6.45) is -9.71. The topological polar surface area (TPSA) is 0 Å². The average Bonchev–Trinajstić information content (AvgIpc) is 1.77. The number of hydrogen-bond acceptors (Lipinski definition) is 0. The molecule has 0 spiro atoms. The minimum absolute atomic E-state index is 0.0833. The Morgan fingerprint density at radius 3 is 1.33 bits per heavy atom. The van der Waals surface area contributed by atoms with Crippen LogP contribution in [-0.4, -0.2) is 12.4 Å². The van der Waals surface area contributed by atoms with Crippen LogP contribution in [0.3, 0.4) is 0 Å². The summed E-state index contributed by atoms with van der Waals surface area (Å²) >= 11 is 0. The second-order valence-corrected chi connectivity index (χ2v) is 2.09. The highest BCUT2D eigenvalue weighted by Crippen LogP contribution is 2.39. The van der Waals surface area contributed by atoms with E-state index in [1.807, 2.05) is 0 Å². The maximum absolute atomic E-state index is 11.6. The van der Waals surface area contributed by atoms with E-state index in [1.54, 1.807) is 0 Å². The molecule has 0 radical (unpaired) electrons. The minimum Gasteiger partial charge on any atom is -0.170 e. The maximum atomic E-state index is 11.6. The van der Waals surface area contributed by atoms with Gasteiger partial charge >= 0.3 is 12.4 Å². The highest BCUT2D eigenvalue weighted by Gasteiger charge is 2.54. The molecule has 0 fully saturated rings. The molecule has 12 heavy (non-hydrogen) atoms. The lowest BCUT2D eigenvalue weighted by atomic mass is 10.1. The van der Waals surface area contributed by atoms with Gasteiger partial charge < -0.3 is 0 Å². The van der Waals surface area contributed by atoms with Gasteiger partial charge in [0.1, 0.15) is 0 Å². The van der Waals surface area contributed by atoms with Crippen LogP contribution in [0.5, 0.6) is 0 Å². The van der Waals surface area contributed by atoms with Gasteiger partial charge in [0.25, 0.3) is 0 Å². The third-order valence-electron chi connectivity index (χ3n) is 1.09. The molecule has 0 aliphatic carbocycles. The molecule has 0 saturated heterocycles. The molecular weight excluding hydrogens is 186 g/mol. The van der Waals surface area contributed by atoms with E-state index in [4.69, 9.17) is 0 Å². The van der Waals surface area contributed by atoms with Crippen molar-refractivity contribution in [1.82, 2.24) is 0 Å². The van der Waals surface area contributed by atoms with Gasteiger partial charge in [0, 0.05) is 0 Å². The second kappa shape index (κ2) is 3.37. The van der Waals surface area contributed by atoms with E-state index in [2.05, 4.69) is 0 Å². The Labute approximate surface area is 64.9 Å².